The molecule has 4 nitrogen and oxygen atoms in total. The number of benzene rings is 1. The number of anilines is 1. The summed E-state index contributed by atoms with van der Waals surface area (Å²) in [7, 11) is 0. The molecule has 0 saturated heterocycles. The fourth-order valence-corrected chi connectivity index (χ4v) is 2.17. The third-order valence-corrected chi connectivity index (χ3v) is 3.13. The zero-order chi connectivity index (χ0) is 15.1. The first-order valence-electron chi connectivity index (χ1n) is 7.25. The standard InChI is InChI=1S/C16H27N3O/c1-11(2)18-14(5)17-10-9-15(20)19-16-12(3)7-6-8-13(16)4/h6-8,11,14,17-18H,9-10H2,1-5H3,(H,19,20). The van der Waals surface area contributed by atoms with Gasteiger partial charge in [-0.2, -0.15) is 0 Å². The molecule has 112 valence electrons. The van der Waals surface area contributed by atoms with Crippen molar-refractivity contribution >= 4 is 11.6 Å². The molecule has 1 rings (SSSR count). The molecule has 0 heterocycles. The second-order valence-electron chi connectivity index (χ2n) is 5.56. The zero-order valence-corrected chi connectivity index (χ0v) is 13.2. The molecule has 0 aliphatic heterocycles. The van der Waals surface area contributed by atoms with Crippen LogP contribution < -0.4 is 16.0 Å². The first-order valence-corrected chi connectivity index (χ1v) is 7.25. The van der Waals surface area contributed by atoms with Gasteiger partial charge >= 0.3 is 0 Å². The summed E-state index contributed by atoms with van der Waals surface area (Å²) in [6, 6.07) is 6.45. The molecular weight excluding hydrogens is 250 g/mol. The fourth-order valence-electron chi connectivity index (χ4n) is 2.17. The van der Waals surface area contributed by atoms with Gasteiger partial charge in [0.1, 0.15) is 0 Å². The number of carbonyl (C=O) groups excluding carboxylic acids is 1. The van der Waals surface area contributed by atoms with Gasteiger partial charge in [0.15, 0.2) is 0 Å². The van der Waals surface area contributed by atoms with E-state index >= 15 is 0 Å². The van der Waals surface area contributed by atoms with E-state index in [-0.39, 0.29) is 12.1 Å². The highest BCUT2D eigenvalue weighted by Gasteiger charge is 2.08. The van der Waals surface area contributed by atoms with Crippen LogP contribution in [0, 0.1) is 13.8 Å². The van der Waals surface area contributed by atoms with Crippen molar-refractivity contribution in [2.75, 3.05) is 11.9 Å². The van der Waals surface area contributed by atoms with Crippen molar-refractivity contribution < 1.29 is 4.79 Å². The van der Waals surface area contributed by atoms with Gasteiger partial charge in [-0.25, -0.2) is 0 Å². The minimum Gasteiger partial charge on any atom is -0.326 e. The van der Waals surface area contributed by atoms with Gasteiger partial charge in [-0.3, -0.25) is 10.1 Å². The maximum atomic E-state index is 11.9. The first kappa shape index (κ1) is 16.7. The number of hydrogen-bond donors (Lipinski definition) is 3. The highest BCUT2D eigenvalue weighted by Crippen LogP contribution is 2.19. The Morgan fingerprint density at radius 1 is 1.15 bits per heavy atom. The molecule has 3 N–H and O–H groups in total. The summed E-state index contributed by atoms with van der Waals surface area (Å²) in [5, 5.41) is 9.62. The summed E-state index contributed by atoms with van der Waals surface area (Å²) >= 11 is 0. The molecule has 4 heteroatoms. The summed E-state index contributed by atoms with van der Waals surface area (Å²) in [5.41, 5.74) is 3.13. The molecule has 20 heavy (non-hydrogen) atoms. The van der Waals surface area contributed by atoms with Crippen LogP contribution in [0.2, 0.25) is 0 Å². The Morgan fingerprint density at radius 3 is 2.30 bits per heavy atom. The van der Waals surface area contributed by atoms with Crippen LogP contribution in [0.1, 0.15) is 38.3 Å². The number of rotatable bonds is 7. The fraction of sp³-hybridized carbons (Fsp3) is 0.562. The van der Waals surface area contributed by atoms with E-state index in [2.05, 4.69) is 36.7 Å². The topological polar surface area (TPSA) is 53.2 Å². The molecule has 0 aliphatic rings. The van der Waals surface area contributed by atoms with Crippen LogP contribution in [0.3, 0.4) is 0 Å². The van der Waals surface area contributed by atoms with Crippen molar-refractivity contribution in [3.05, 3.63) is 29.3 Å². The van der Waals surface area contributed by atoms with Crippen LogP contribution in [0.4, 0.5) is 5.69 Å². The van der Waals surface area contributed by atoms with E-state index in [9.17, 15) is 4.79 Å². The summed E-state index contributed by atoms with van der Waals surface area (Å²) in [6.45, 7) is 10.9. The number of amides is 1. The minimum atomic E-state index is 0.0478. The lowest BCUT2D eigenvalue weighted by atomic mass is 10.1. The van der Waals surface area contributed by atoms with Crippen molar-refractivity contribution in [3.8, 4) is 0 Å². The minimum absolute atomic E-state index is 0.0478. The molecule has 1 unspecified atom stereocenters. The van der Waals surface area contributed by atoms with Crippen LogP contribution in [-0.2, 0) is 4.79 Å². The number of aryl methyl sites for hydroxylation is 2. The number of para-hydroxylation sites is 1. The van der Waals surface area contributed by atoms with Crippen molar-refractivity contribution in [1.29, 1.82) is 0 Å². The Bertz CT molecular complexity index is 423. The van der Waals surface area contributed by atoms with Gasteiger partial charge in [-0.15, -0.1) is 0 Å². The normalized spacial score (nSPS) is 12.5. The quantitative estimate of drug-likeness (QED) is 0.671. The SMILES string of the molecule is Cc1cccc(C)c1NC(=O)CCNC(C)NC(C)C. The second-order valence-corrected chi connectivity index (χ2v) is 5.56. The molecule has 0 saturated carbocycles. The molecule has 1 aromatic carbocycles. The Hall–Kier alpha value is -1.39. The van der Waals surface area contributed by atoms with Gasteiger partial charge < -0.3 is 10.6 Å². The average molecular weight is 277 g/mol. The molecule has 0 spiro atoms. The molecule has 1 atom stereocenters. The third-order valence-electron chi connectivity index (χ3n) is 3.13. The van der Waals surface area contributed by atoms with Gasteiger partial charge in [-0.1, -0.05) is 18.2 Å². The summed E-state index contributed by atoms with van der Waals surface area (Å²) in [5.74, 6) is 0.0478. The number of carbonyl (C=O) groups is 1. The van der Waals surface area contributed by atoms with Crippen LogP contribution in [0.15, 0.2) is 18.2 Å². The van der Waals surface area contributed by atoms with E-state index in [1.807, 2.05) is 32.0 Å². The molecule has 1 amide bonds. The Kier molecular flexibility index (Phi) is 6.68. The third kappa shape index (κ3) is 5.72. The Morgan fingerprint density at radius 2 is 1.75 bits per heavy atom. The van der Waals surface area contributed by atoms with E-state index in [4.69, 9.17) is 0 Å². The van der Waals surface area contributed by atoms with Gasteiger partial charge in [0.05, 0.1) is 6.17 Å². The lowest BCUT2D eigenvalue weighted by Crippen LogP contribution is -2.44. The van der Waals surface area contributed by atoms with Gasteiger partial charge in [0, 0.05) is 24.7 Å². The second kappa shape index (κ2) is 8.02. The van der Waals surface area contributed by atoms with E-state index in [1.54, 1.807) is 0 Å². The molecule has 1 aromatic rings. The average Bonchev–Trinajstić information content (AvgIpc) is 2.33. The monoisotopic (exact) mass is 277 g/mol. The van der Waals surface area contributed by atoms with Crippen molar-refractivity contribution in [1.82, 2.24) is 10.6 Å². The van der Waals surface area contributed by atoms with Crippen molar-refractivity contribution in [2.45, 2.75) is 53.2 Å². The molecule has 0 aromatic heterocycles. The maximum absolute atomic E-state index is 11.9. The van der Waals surface area contributed by atoms with Crippen LogP contribution in [-0.4, -0.2) is 24.7 Å². The molecule has 0 fully saturated rings. The smallest absolute Gasteiger partial charge is 0.225 e. The lowest BCUT2D eigenvalue weighted by Gasteiger charge is -2.18. The first-order chi connectivity index (χ1) is 9.40. The van der Waals surface area contributed by atoms with Gasteiger partial charge in [-0.05, 0) is 45.7 Å². The van der Waals surface area contributed by atoms with E-state index in [0.29, 0.717) is 19.0 Å². The summed E-state index contributed by atoms with van der Waals surface area (Å²) in [6.07, 6.45) is 0.681. The molecule has 0 radical (unpaired) electrons. The summed E-state index contributed by atoms with van der Waals surface area (Å²) < 4.78 is 0. The number of hydrogen-bond acceptors (Lipinski definition) is 3. The van der Waals surface area contributed by atoms with Crippen LogP contribution in [0.25, 0.3) is 0 Å². The lowest BCUT2D eigenvalue weighted by molar-refractivity contribution is -0.116. The van der Waals surface area contributed by atoms with Gasteiger partial charge in [0.25, 0.3) is 0 Å². The van der Waals surface area contributed by atoms with E-state index in [0.717, 1.165) is 16.8 Å². The van der Waals surface area contributed by atoms with Crippen LogP contribution in [0.5, 0.6) is 0 Å². The predicted octanol–water partition coefficient (Wildman–Crippen LogP) is 2.57. The van der Waals surface area contributed by atoms with Gasteiger partial charge in [0.2, 0.25) is 5.91 Å². The number of nitrogens with one attached hydrogen (secondary N) is 3. The maximum Gasteiger partial charge on any atom is 0.225 e. The summed E-state index contributed by atoms with van der Waals surface area (Å²) in [4.78, 5) is 11.9. The highest BCUT2D eigenvalue weighted by molar-refractivity contribution is 5.92. The Labute approximate surface area is 122 Å². The Balaban J connectivity index is 2.37. The van der Waals surface area contributed by atoms with Crippen molar-refractivity contribution in [3.63, 3.8) is 0 Å². The molecule has 0 bridgehead atoms. The van der Waals surface area contributed by atoms with E-state index < -0.39 is 0 Å². The van der Waals surface area contributed by atoms with Crippen molar-refractivity contribution in [2.24, 2.45) is 0 Å². The zero-order valence-electron chi connectivity index (χ0n) is 13.2. The predicted molar refractivity (Wildman–Crippen MR) is 84.9 cm³/mol. The molecular formula is C16H27N3O. The van der Waals surface area contributed by atoms with E-state index in [1.165, 1.54) is 0 Å². The van der Waals surface area contributed by atoms with Crippen LogP contribution >= 0.6 is 0 Å². The highest BCUT2D eigenvalue weighted by atomic mass is 16.1. The largest absolute Gasteiger partial charge is 0.326 e. The molecule has 0 aliphatic carbocycles.